The summed E-state index contributed by atoms with van der Waals surface area (Å²) in [5.74, 6) is -0.653. The molecule has 0 bridgehead atoms. The van der Waals surface area contributed by atoms with E-state index in [-0.39, 0.29) is 35.2 Å². The van der Waals surface area contributed by atoms with Crippen molar-refractivity contribution in [2.45, 2.75) is 57.5 Å². The molecule has 2 saturated heterocycles. The Labute approximate surface area is 271 Å². The Morgan fingerprint density at radius 3 is 2.09 bits per heavy atom. The van der Waals surface area contributed by atoms with E-state index in [1.54, 1.807) is 24.0 Å². The standard InChI is InChI=1S/C34H39F3N6O4/c1-22(44)23-7-9-26(10-8-23)32(46)42-19-17-41(18-20-42)28-12-11-27(21-38-28)39-31(45)29-30(34(35,36)37)40-33(47-29)43-15-13-25(14-16-43)24-5-3-2-4-6-24/h2-6,11-12,21,23,25-26H,7-10,13-20H2,1H3,(H,39,45). The van der Waals surface area contributed by atoms with Crippen LogP contribution in [-0.4, -0.2) is 71.7 Å². The topological polar surface area (TPSA) is 112 Å². The lowest BCUT2D eigenvalue weighted by Crippen LogP contribution is -2.51. The molecule has 0 radical (unpaired) electrons. The Bertz CT molecular complexity index is 1550. The van der Waals surface area contributed by atoms with E-state index in [9.17, 15) is 27.6 Å². The quantitative estimate of drug-likeness (QED) is 0.343. The summed E-state index contributed by atoms with van der Waals surface area (Å²) in [4.78, 5) is 51.4. The average molecular weight is 653 g/mol. The summed E-state index contributed by atoms with van der Waals surface area (Å²) < 4.78 is 47.2. The van der Waals surface area contributed by atoms with Crippen LogP contribution in [0.5, 0.6) is 0 Å². The monoisotopic (exact) mass is 652 g/mol. The van der Waals surface area contributed by atoms with Gasteiger partial charge in [0.05, 0.1) is 11.9 Å². The number of hydrogen-bond donors (Lipinski definition) is 1. The number of amides is 2. The van der Waals surface area contributed by atoms with Gasteiger partial charge >= 0.3 is 6.18 Å². The van der Waals surface area contributed by atoms with Gasteiger partial charge in [0.2, 0.25) is 11.7 Å². The van der Waals surface area contributed by atoms with E-state index in [2.05, 4.69) is 15.3 Å². The van der Waals surface area contributed by atoms with E-state index >= 15 is 0 Å². The van der Waals surface area contributed by atoms with Gasteiger partial charge in [-0.1, -0.05) is 30.3 Å². The van der Waals surface area contributed by atoms with Crippen LogP contribution in [0.3, 0.4) is 0 Å². The van der Waals surface area contributed by atoms with E-state index in [4.69, 9.17) is 4.42 Å². The van der Waals surface area contributed by atoms with Gasteiger partial charge in [0, 0.05) is 51.1 Å². The highest BCUT2D eigenvalue weighted by atomic mass is 19.4. The number of rotatable bonds is 7. The normalized spacial score (nSPS) is 21.1. The van der Waals surface area contributed by atoms with Crippen molar-refractivity contribution >= 4 is 35.1 Å². The maximum absolute atomic E-state index is 13.9. The van der Waals surface area contributed by atoms with Crippen molar-refractivity contribution in [3.63, 3.8) is 0 Å². The van der Waals surface area contributed by atoms with Gasteiger partial charge in [-0.15, -0.1) is 0 Å². The first-order valence-corrected chi connectivity index (χ1v) is 16.3. The first-order chi connectivity index (χ1) is 22.6. The van der Waals surface area contributed by atoms with Crippen molar-refractivity contribution in [3.05, 3.63) is 65.7 Å². The Morgan fingerprint density at radius 1 is 0.830 bits per heavy atom. The Morgan fingerprint density at radius 2 is 1.49 bits per heavy atom. The van der Waals surface area contributed by atoms with Crippen molar-refractivity contribution < 1.29 is 32.0 Å². The number of hydrogen-bond acceptors (Lipinski definition) is 8. The van der Waals surface area contributed by atoms with E-state index in [0.717, 1.165) is 38.5 Å². The SMILES string of the molecule is CC(=O)C1CCC(C(=O)N2CCN(c3ccc(NC(=O)c4oc(N5CCC(c6ccccc6)CC5)nc4C(F)(F)F)cn3)CC2)CC1. The van der Waals surface area contributed by atoms with Gasteiger partial charge < -0.3 is 24.4 Å². The molecule has 1 aliphatic carbocycles. The lowest BCUT2D eigenvalue weighted by molar-refractivity contribution is -0.141. The molecule has 13 heteroatoms. The van der Waals surface area contributed by atoms with Crippen molar-refractivity contribution in [1.82, 2.24) is 14.9 Å². The predicted molar refractivity (Wildman–Crippen MR) is 169 cm³/mol. The highest BCUT2D eigenvalue weighted by Gasteiger charge is 2.42. The molecule has 2 aliphatic heterocycles. The number of benzene rings is 1. The van der Waals surface area contributed by atoms with Crippen LogP contribution in [0.25, 0.3) is 0 Å². The van der Waals surface area contributed by atoms with Gasteiger partial charge in [-0.2, -0.15) is 18.2 Å². The highest BCUT2D eigenvalue weighted by molar-refractivity contribution is 6.03. The summed E-state index contributed by atoms with van der Waals surface area (Å²) in [7, 11) is 0. The molecular weight excluding hydrogens is 613 g/mol. The second-order valence-corrected chi connectivity index (χ2v) is 12.7. The van der Waals surface area contributed by atoms with E-state index < -0.39 is 23.5 Å². The lowest BCUT2D eigenvalue weighted by atomic mass is 9.79. The number of piperidine rings is 1. The lowest BCUT2D eigenvalue weighted by Gasteiger charge is -2.38. The van der Waals surface area contributed by atoms with E-state index in [1.807, 2.05) is 40.1 Å². The molecule has 47 heavy (non-hydrogen) atoms. The molecule has 1 saturated carbocycles. The number of ketones is 1. The molecule has 2 aromatic heterocycles. The molecule has 0 atom stereocenters. The number of carbonyl (C=O) groups excluding carboxylic acids is 3. The molecule has 3 aromatic rings. The second-order valence-electron chi connectivity index (χ2n) is 12.7. The van der Waals surface area contributed by atoms with Crippen LogP contribution in [0.1, 0.15) is 73.2 Å². The van der Waals surface area contributed by atoms with Gasteiger partial charge in [0.15, 0.2) is 5.69 Å². The molecule has 0 unspecified atom stereocenters. The number of nitrogens with zero attached hydrogens (tertiary/aromatic N) is 5. The van der Waals surface area contributed by atoms with Crippen molar-refractivity contribution in [2.24, 2.45) is 11.8 Å². The van der Waals surface area contributed by atoms with Crippen molar-refractivity contribution in [2.75, 3.05) is 54.4 Å². The zero-order valence-corrected chi connectivity index (χ0v) is 26.3. The Balaban J connectivity index is 1.04. The van der Waals surface area contributed by atoms with Crippen LogP contribution in [0.4, 0.5) is 30.7 Å². The van der Waals surface area contributed by atoms with Gasteiger partial charge in [-0.25, -0.2) is 4.98 Å². The minimum absolute atomic E-state index is 0.0386. The summed E-state index contributed by atoms with van der Waals surface area (Å²) in [5, 5.41) is 2.47. The zero-order valence-electron chi connectivity index (χ0n) is 26.3. The number of halogens is 3. The average Bonchev–Trinajstić information content (AvgIpc) is 3.56. The molecule has 4 heterocycles. The number of anilines is 3. The van der Waals surface area contributed by atoms with Crippen LogP contribution < -0.4 is 15.1 Å². The first-order valence-electron chi connectivity index (χ1n) is 16.3. The smallest absolute Gasteiger partial charge is 0.417 e. The van der Waals surface area contributed by atoms with Crippen LogP contribution in [0.15, 0.2) is 53.1 Å². The number of Topliss-reactive ketones (excluding diaryl/α,β-unsaturated/α-hetero) is 1. The van der Waals surface area contributed by atoms with Crippen molar-refractivity contribution in [3.8, 4) is 0 Å². The molecule has 10 nitrogen and oxygen atoms in total. The number of carbonyl (C=O) groups is 3. The molecule has 3 aliphatic rings. The summed E-state index contributed by atoms with van der Waals surface area (Å²) in [6.07, 6.45) is 0.969. The third-order valence-electron chi connectivity index (χ3n) is 9.70. The summed E-state index contributed by atoms with van der Waals surface area (Å²) in [5.41, 5.74) is 0.0374. The predicted octanol–water partition coefficient (Wildman–Crippen LogP) is 5.77. The van der Waals surface area contributed by atoms with Crippen LogP contribution >= 0.6 is 0 Å². The van der Waals surface area contributed by atoms with Crippen LogP contribution in [0, 0.1) is 11.8 Å². The van der Waals surface area contributed by atoms with Crippen LogP contribution in [0.2, 0.25) is 0 Å². The Hall–Kier alpha value is -4.42. The summed E-state index contributed by atoms with van der Waals surface area (Å²) >= 11 is 0. The minimum atomic E-state index is -4.88. The second kappa shape index (κ2) is 13.7. The number of oxazole rings is 1. The number of piperazine rings is 1. The van der Waals surface area contributed by atoms with Gasteiger partial charge in [-0.3, -0.25) is 14.4 Å². The number of pyridine rings is 1. The summed E-state index contributed by atoms with van der Waals surface area (Å²) in [6.45, 7) is 4.76. The van der Waals surface area contributed by atoms with E-state index in [0.29, 0.717) is 51.0 Å². The third-order valence-corrected chi connectivity index (χ3v) is 9.70. The molecule has 250 valence electrons. The third kappa shape index (κ3) is 7.44. The molecular formula is C34H39F3N6O4. The van der Waals surface area contributed by atoms with Crippen molar-refractivity contribution in [1.29, 1.82) is 0 Å². The number of aromatic nitrogens is 2. The minimum Gasteiger partial charge on any atom is -0.417 e. The fourth-order valence-corrected chi connectivity index (χ4v) is 6.92. The number of nitrogens with one attached hydrogen (secondary N) is 1. The van der Waals surface area contributed by atoms with Gasteiger partial charge in [0.25, 0.3) is 11.9 Å². The highest BCUT2D eigenvalue weighted by Crippen LogP contribution is 2.37. The van der Waals surface area contributed by atoms with Gasteiger partial charge in [0.1, 0.15) is 11.6 Å². The largest absolute Gasteiger partial charge is 0.437 e. The summed E-state index contributed by atoms with van der Waals surface area (Å²) in [6, 6.07) is 13.0. The van der Waals surface area contributed by atoms with E-state index in [1.165, 1.54) is 11.8 Å². The maximum atomic E-state index is 13.9. The Kier molecular flexibility index (Phi) is 9.51. The maximum Gasteiger partial charge on any atom is 0.437 e. The zero-order chi connectivity index (χ0) is 33.1. The fraction of sp³-hybridized carbons (Fsp3) is 0.500. The number of alkyl halides is 3. The van der Waals surface area contributed by atoms with Gasteiger partial charge in [-0.05, 0) is 69.1 Å². The molecule has 1 N–H and O–H groups in total. The first kappa shape index (κ1) is 32.5. The molecule has 6 rings (SSSR count). The molecule has 1 aromatic carbocycles. The molecule has 3 fully saturated rings. The van der Waals surface area contributed by atoms with Crippen LogP contribution in [-0.2, 0) is 15.8 Å². The molecule has 2 amide bonds. The fourth-order valence-electron chi connectivity index (χ4n) is 6.92. The molecule has 0 spiro atoms.